The highest BCUT2D eigenvalue weighted by atomic mass is 16.3. The van der Waals surface area contributed by atoms with E-state index >= 15 is 0 Å². The molecule has 3 aromatic rings. The number of benzene rings is 2. The van der Waals surface area contributed by atoms with Crippen molar-refractivity contribution in [2.24, 2.45) is 11.8 Å². The lowest BCUT2D eigenvalue weighted by molar-refractivity contribution is 0.455. The number of phenolic OH excluding ortho intramolecular Hbond substituents is 1. The van der Waals surface area contributed by atoms with Crippen LogP contribution >= 0.6 is 0 Å². The molecule has 0 bridgehead atoms. The third-order valence-corrected chi connectivity index (χ3v) is 5.69. The van der Waals surface area contributed by atoms with Gasteiger partial charge < -0.3 is 19.7 Å². The van der Waals surface area contributed by atoms with Gasteiger partial charge in [0, 0.05) is 17.7 Å². The van der Waals surface area contributed by atoms with Gasteiger partial charge in [0.25, 0.3) is 0 Å². The van der Waals surface area contributed by atoms with Gasteiger partial charge in [0.2, 0.25) is 0 Å². The Morgan fingerprint density at radius 1 is 0.839 bits per heavy atom. The van der Waals surface area contributed by atoms with Gasteiger partial charge in [-0.15, -0.1) is 0 Å². The summed E-state index contributed by atoms with van der Waals surface area (Å²) in [7, 11) is 0. The number of aliphatic hydroxyl groups excluding tert-OH is 1. The standard InChI is InChI=1S/C25H30O6/c1-12(2)6-8-15-17(27)10-20-23(24(15)29)25(30)22-16(9-7-13(3)4)21(14(5)26)18(28)11-19(22)31-20/h10-13,26,29-30H,6-9H2,1-5H3/b21-14+. The smallest absolute Gasteiger partial charge is 0.193 e. The molecule has 6 nitrogen and oxygen atoms in total. The summed E-state index contributed by atoms with van der Waals surface area (Å²) in [6.45, 7) is 9.57. The molecule has 0 amide bonds. The molecule has 31 heavy (non-hydrogen) atoms. The summed E-state index contributed by atoms with van der Waals surface area (Å²) < 4.78 is 5.82. The number of phenols is 1. The van der Waals surface area contributed by atoms with Crippen LogP contribution in [0.4, 0.5) is 0 Å². The molecule has 3 rings (SSSR count). The molecule has 6 heteroatoms. The highest BCUT2D eigenvalue weighted by Crippen LogP contribution is 2.40. The number of hydrogen-bond donors (Lipinski definition) is 3. The number of fused-ring (bicyclic) bond motifs is 2. The van der Waals surface area contributed by atoms with Crippen LogP contribution in [0.3, 0.4) is 0 Å². The van der Waals surface area contributed by atoms with E-state index in [-0.39, 0.29) is 55.4 Å². The molecule has 1 aromatic heterocycles. The molecule has 0 fully saturated rings. The van der Waals surface area contributed by atoms with E-state index in [1.165, 1.54) is 19.1 Å². The van der Waals surface area contributed by atoms with Crippen molar-refractivity contribution in [3.05, 3.63) is 48.9 Å². The monoisotopic (exact) mass is 426 g/mol. The fourth-order valence-electron chi connectivity index (χ4n) is 4.00. The van der Waals surface area contributed by atoms with Crippen LogP contribution in [-0.4, -0.2) is 15.3 Å². The normalized spacial score (nSPS) is 13.0. The van der Waals surface area contributed by atoms with E-state index < -0.39 is 5.43 Å². The Hall–Kier alpha value is -3.02. The largest absolute Gasteiger partial charge is 0.512 e. The first kappa shape index (κ1) is 22.7. The van der Waals surface area contributed by atoms with Gasteiger partial charge in [-0.05, 0) is 50.0 Å². The van der Waals surface area contributed by atoms with Crippen LogP contribution in [0.1, 0.15) is 58.6 Å². The number of aryl methyl sites for hydroxylation is 1. The molecule has 0 unspecified atom stereocenters. The lowest BCUT2D eigenvalue weighted by Crippen LogP contribution is -2.30. The van der Waals surface area contributed by atoms with Crippen molar-refractivity contribution >= 4 is 27.7 Å². The maximum Gasteiger partial charge on any atom is 0.193 e. The predicted octanol–water partition coefficient (Wildman–Crippen LogP) is 4.30. The Morgan fingerprint density at radius 2 is 1.35 bits per heavy atom. The van der Waals surface area contributed by atoms with Gasteiger partial charge in [-0.1, -0.05) is 27.7 Å². The summed E-state index contributed by atoms with van der Waals surface area (Å²) in [5, 5.41) is 32.8. The molecule has 0 spiro atoms. The van der Waals surface area contributed by atoms with Crippen LogP contribution in [0.15, 0.2) is 26.1 Å². The maximum absolute atomic E-state index is 12.7. The number of rotatable bonds is 6. The number of aromatic hydroxyl groups is 2. The van der Waals surface area contributed by atoms with Crippen LogP contribution in [0, 0.1) is 11.8 Å². The first-order valence-corrected chi connectivity index (χ1v) is 10.7. The predicted molar refractivity (Wildman–Crippen MR) is 123 cm³/mol. The van der Waals surface area contributed by atoms with Crippen LogP contribution in [0.2, 0.25) is 0 Å². The second-order valence-corrected chi connectivity index (χ2v) is 9.08. The fraction of sp³-hybridized carbons (Fsp3) is 0.440. The molecule has 166 valence electrons. The first-order chi connectivity index (χ1) is 14.5. The van der Waals surface area contributed by atoms with Gasteiger partial charge >= 0.3 is 0 Å². The van der Waals surface area contributed by atoms with Crippen molar-refractivity contribution in [2.75, 3.05) is 0 Å². The third-order valence-electron chi connectivity index (χ3n) is 5.69. The summed E-state index contributed by atoms with van der Waals surface area (Å²) in [6.07, 6.45) is 2.25. The van der Waals surface area contributed by atoms with E-state index in [9.17, 15) is 24.9 Å². The lowest BCUT2D eigenvalue weighted by atomic mass is 9.94. The lowest BCUT2D eigenvalue weighted by Gasteiger charge is -2.14. The van der Waals surface area contributed by atoms with Crippen molar-refractivity contribution < 1.29 is 19.7 Å². The number of aliphatic hydroxyl groups is 1. The zero-order valence-corrected chi connectivity index (χ0v) is 18.7. The molecular weight excluding hydrogens is 396 g/mol. The van der Waals surface area contributed by atoms with E-state index in [0.29, 0.717) is 36.7 Å². The highest BCUT2D eigenvalue weighted by molar-refractivity contribution is 6.03. The van der Waals surface area contributed by atoms with Gasteiger partial charge in [-0.3, -0.25) is 9.59 Å². The second kappa shape index (κ2) is 8.61. The SMILES string of the molecule is C/C(O)=c1/c(CCC(C)C)c2c(O)c3c(O)c(CCC(C)C)c(=O)cc3oc2cc1=O. The molecule has 0 aliphatic heterocycles. The fourth-order valence-corrected chi connectivity index (χ4v) is 4.00. The maximum atomic E-state index is 12.7. The minimum atomic E-state index is -0.422. The van der Waals surface area contributed by atoms with Gasteiger partial charge in [-0.25, -0.2) is 0 Å². The van der Waals surface area contributed by atoms with Gasteiger partial charge in [-0.2, -0.15) is 0 Å². The first-order valence-electron chi connectivity index (χ1n) is 10.7. The molecule has 0 aliphatic carbocycles. The summed E-state index contributed by atoms with van der Waals surface area (Å²) in [5.41, 5.74) is 0.0644. The molecular formula is C25H30O6. The zero-order chi connectivity index (χ0) is 23.0. The van der Waals surface area contributed by atoms with Crippen molar-refractivity contribution in [1.29, 1.82) is 0 Å². The number of hydrogen-bond acceptors (Lipinski definition) is 6. The summed E-state index contributed by atoms with van der Waals surface area (Å²) in [6, 6.07) is 2.45. The van der Waals surface area contributed by atoms with Crippen LogP contribution in [-0.2, 0) is 12.8 Å². The van der Waals surface area contributed by atoms with Crippen molar-refractivity contribution in [3.8, 4) is 11.5 Å². The Labute approximate surface area is 180 Å². The van der Waals surface area contributed by atoms with E-state index in [0.717, 1.165) is 6.42 Å². The van der Waals surface area contributed by atoms with Crippen LogP contribution in [0.25, 0.3) is 27.7 Å². The van der Waals surface area contributed by atoms with E-state index in [4.69, 9.17) is 4.42 Å². The zero-order valence-electron chi connectivity index (χ0n) is 18.7. The van der Waals surface area contributed by atoms with Gasteiger partial charge in [0.05, 0.1) is 10.6 Å². The van der Waals surface area contributed by atoms with Crippen molar-refractivity contribution in [1.82, 2.24) is 0 Å². The minimum absolute atomic E-state index is 0.0208. The van der Waals surface area contributed by atoms with E-state index in [1.807, 2.05) is 27.7 Å². The second-order valence-electron chi connectivity index (χ2n) is 9.08. The molecule has 0 radical (unpaired) electrons. The van der Waals surface area contributed by atoms with E-state index in [2.05, 4.69) is 0 Å². The molecule has 3 N–H and O–H groups in total. The molecule has 0 aliphatic rings. The Morgan fingerprint density at radius 3 is 1.90 bits per heavy atom. The van der Waals surface area contributed by atoms with Gasteiger partial charge in [0.15, 0.2) is 10.9 Å². The Bertz CT molecular complexity index is 1310. The summed E-state index contributed by atoms with van der Waals surface area (Å²) in [4.78, 5) is 25.3. The third kappa shape index (κ3) is 4.24. The average molecular weight is 427 g/mol. The van der Waals surface area contributed by atoms with Crippen LogP contribution < -0.4 is 16.1 Å². The molecule has 2 aromatic carbocycles. The average Bonchev–Trinajstić information content (AvgIpc) is 2.64. The highest BCUT2D eigenvalue weighted by Gasteiger charge is 2.22. The quantitative estimate of drug-likeness (QED) is 0.507. The van der Waals surface area contributed by atoms with E-state index in [1.54, 1.807) is 0 Å². The van der Waals surface area contributed by atoms with Crippen LogP contribution in [0.5, 0.6) is 11.5 Å². The topological polar surface area (TPSA) is 108 Å². The summed E-state index contributed by atoms with van der Waals surface area (Å²) in [5.74, 6) is -0.00908. The van der Waals surface area contributed by atoms with Crippen molar-refractivity contribution in [2.45, 2.75) is 60.3 Å². The summed E-state index contributed by atoms with van der Waals surface area (Å²) >= 11 is 0. The van der Waals surface area contributed by atoms with Gasteiger partial charge in [0.1, 0.15) is 33.8 Å². The Kier molecular flexibility index (Phi) is 6.30. The molecule has 0 saturated heterocycles. The minimum Gasteiger partial charge on any atom is -0.512 e. The molecule has 1 heterocycles. The van der Waals surface area contributed by atoms with Crippen molar-refractivity contribution in [3.63, 3.8) is 0 Å². The Balaban J connectivity index is 2.45. The molecule has 0 atom stereocenters. The molecule has 0 saturated carbocycles.